The molecule has 0 bridgehead atoms. The first kappa shape index (κ1) is 28.7. The molecule has 1 aromatic heterocycles. The average molecular weight is 572 g/mol. The number of ether oxygens (including phenoxy) is 1. The lowest BCUT2D eigenvalue weighted by molar-refractivity contribution is -0.129. The first-order valence-corrected chi connectivity index (χ1v) is 15.1. The summed E-state index contributed by atoms with van der Waals surface area (Å²) < 4.78 is 33.7. The molecular weight excluding hydrogens is 538 g/mol. The molecule has 0 aliphatic carbocycles. The number of hydrogen-bond acceptors (Lipinski definition) is 7. The lowest BCUT2D eigenvalue weighted by atomic mass is 10.0. The molecule has 2 heterocycles. The van der Waals surface area contributed by atoms with Crippen LogP contribution in [0, 0.1) is 5.92 Å². The van der Waals surface area contributed by atoms with Gasteiger partial charge in [-0.2, -0.15) is 4.31 Å². The lowest BCUT2D eigenvalue weighted by Crippen LogP contribution is -2.52. The van der Waals surface area contributed by atoms with Crippen molar-refractivity contribution in [2.24, 2.45) is 5.92 Å². The van der Waals surface area contributed by atoms with Crippen LogP contribution >= 0.6 is 11.3 Å². The van der Waals surface area contributed by atoms with Crippen LogP contribution in [0.3, 0.4) is 0 Å². The Morgan fingerprint density at radius 2 is 1.90 bits per heavy atom. The molecule has 3 aromatic rings. The number of nitrogens with zero attached hydrogens (tertiary/aromatic N) is 1. The number of thiophene rings is 1. The van der Waals surface area contributed by atoms with Gasteiger partial charge in [-0.25, -0.2) is 8.42 Å². The number of rotatable bonds is 9. The number of sulfonamides is 1. The minimum absolute atomic E-state index is 0.0399. The van der Waals surface area contributed by atoms with E-state index in [0.717, 1.165) is 14.4 Å². The van der Waals surface area contributed by atoms with Crippen LogP contribution in [0.1, 0.15) is 42.8 Å². The van der Waals surface area contributed by atoms with Crippen LogP contribution < -0.4 is 15.4 Å². The van der Waals surface area contributed by atoms with Gasteiger partial charge in [-0.3, -0.25) is 14.4 Å². The van der Waals surface area contributed by atoms with Crippen molar-refractivity contribution < 1.29 is 27.5 Å². The number of ketones is 1. The molecule has 1 fully saturated rings. The third-order valence-electron chi connectivity index (χ3n) is 6.59. The maximum atomic E-state index is 13.3. The monoisotopic (exact) mass is 571 g/mol. The van der Waals surface area contributed by atoms with E-state index in [4.69, 9.17) is 4.74 Å². The SMILES string of the molecule is COc1cccc(S(=O)(=O)N2CCCC(NC(=O)[C@H](CC(C)C)NC(=O)c3cc4ccccc4s3)C(=O)C2)c1. The van der Waals surface area contributed by atoms with Crippen LogP contribution in [0.4, 0.5) is 0 Å². The molecule has 1 saturated heterocycles. The van der Waals surface area contributed by atoms with Gasteiger partial charge in [-0.15, -0.1) is 11.3 Å². The molecule has 2 N–H and O–H groups in total. The van der Waals surface area contributed by atoms with Crippen molar-refractivity contribution in [3.8, 4) is 5.75 Å². The molecule has 0 saturated carbocycles. The average Bonchev–Trinajstić information content (AvgIpc) is 3.26. The zero-order valence-corrected chi connectivity index (χ0v) is 23.8. The number of nitrogens with one attached hydrogen (secondary N) is 2. The van der Waals surface area contributed by atoms with Crippen molar-refractivity contribution in [3.05, 3.63) is 59.5 Å². The Morgan fingerprint density at radius 1 is 1.13 bits per heavy atom. The number of fused-ring (bicyclic) bond motifs is 1. The summed E-state index contributed by atoms with van der Waals surface area (Å²) in [6, 6.07) is 13.9. The normalized spacial score (nSPS) is 17.5. The first-order chi connectivity index (χ1) is 18.6. The van der Waals surface area contributed by atoms with Gasteiger partial charge in [0.1, 0.15) is 11.8 Å². The Hall–Kier alpha value is -3.28. The fourth-order valence-electron chi connectivity index (χ4n) is 4.56. The van der Waals surface area contributed by atoms with Gasteiger partial charge in [0.05, 0.1) is 29.5 Å². The molecule has 1 unspecified atom stereocenters. The minimum atomic E-state index is -3.93. The number of benzene rings is 2. The fraction of sp³-hybridized carbons (Fsp3) is 0.393. The number of hydrogen-bond donors (Lipinski definition) is 2. The number of Topliss-reactive ketones (excluding diaryl/α,β-unsaturated/α-hetero) is 1. The van der Waals surface area contributed by atoms with E-state index in [9.17, 15) is 22.8 Å². The summed E-state index contributed by atoms with van der Waals surface area (Å²) in [5, 5.41) is 6.58. The van der Waals surface area contributed by atoms with E-state index in [1.54, 1.807) is 18.2 Å². The molecule has 9 nitrogen and oxygen atoms in total. The van der Waals surface area contributed by atoms with Gasteiger partial charge in [0.2, 0.25) is 15.9 Å². The smallest absolute Gasteiger partial charge is 0.262 e. The number of carbonyl (C=O) groups is 3. The summed E-state index contributed by atoms with van der Waals surface area (Å²) in [6.07, 6.45) is 1.08. The van der Waals surface area contributed by atoms with Crippen LogP contribution in [0.2, 0.25) is 0 Å². The van der Waals surface area contributed by atoms with Gasteiger partial charge in [0, 0.05) is 17.3 Å². The quantitative estimate of drug-likeness (QED) is 0.405. The van der Waals surface area contributed by atoms with Crippen molar-refractivity contribution in [1.29, 1.82) is 0 Å². The molecule has 2 atom stereocenters. The van der Waals surface area contributed by atoms with Crippen molar-refractivity contribution in [2.45, 2.75) is 50.1 Å². The van der Waals surface area contributed by atoms with E-state index in [2.05, 4.69) is 10.6 Å². The predicted molar refractivity (Wildman–Crippen MR) is 150 cm³/mol. The Labute approximate surface area is 232 Å². The molecule has 4 rings (SSSR count). The lowest BCUT2D eigenvalue weighted by Gasteiger charge is -2.23. The van der Waals surface area contributed by atoms with Gasteiger partial charge >= 0.3 is 0 Å². The second-order valence-electron chi connectivity index (χ2n) is 9.99. The maximum Gasteiger partial charge on any atom is 0.262 e. The Morgan fingerprint density at radius 3 is 2.62 bits per heavy atom. The van der Waals surface area contributed by atoms with Crippen molar-refractivity contribution >= 4 is 49.0 Å². The van der Waals surface area contributed by atoms with E-state index in [-0.39, 0.29) is 29.8 Å². The molecular formula is C28H33N3O6S2. The standard InChI is InChI=1S/C28H33N3O6S2/c1-18(2)14-23(30-28(34)26-15-19-8-4-5-12-25(19)38-26)27(33)29-22-11-7-13-31(17-24(22)32)39(35,36)21-10-6-9-20(16-21)37-3/h4-6,8-10,12,15-16,18,22-23H,7,11,13-14,17H2,1-3H3,(H,29,33)(H,30,34)/t22?,23-/m0/s1. The highest BCUT2D eigenvalue weighted by atomic mass is 32.2. The molecule has 208 valence electrons. The fourth-order valence-corrected chi connectivity index (χ4v) is 7.01. The number of methoxy groups -OCH3 is 1. The molecule has 39 heavy (non-hydrogen) atoms. The second kappa shape index (κ2) is 12.3. The summed E-state index contributed by atoms with van der Waals surface area (Å²) in [4.78, 5) is 40.0. The Kier molecular flexibility index (Phi) is 9.04. The minimum Gasteiger partial charge on any atom is -0.497 e. The van der Waals surface area contributed by atoms with E-state index in [0.29, 0.717) is 29.9 Å². The topological polar surface area (TPSA) is 122 Å². The van der Waals surface area contributed by atoms with E-state index in [1.807, 2.05) is 38.1 Å². The van der Waals surface area contributed by atoms with Crippen LogP contribution in [0.15, 0.2) is 59.5 Å². The number of carbonyl (C=O) groups excluding carboxylic acids is 3. The largest absolute Gasteiger partial charge is 0.497 e. The van der Waals surface area contributed by atoms with Gasteiger partial charge in [0.25, 0.3) is 5.91 Å². The highest BCUT2D eigenvalue weighted by Gasteiger charge is 2.34. The van der Waals surface area contributed by atoms with E-state index < -0.39 is 33.8 Å². The first-order valence-electron chi connectivity index (χ1n) is 12.8. The summed E-state index contributed by atoms with van der Waals surface area (Å²) >= 11 is 1.35. The summed E-state index contributed by atoms with van der Waals surface area (Å²) in [6.45, 7) is 3.69. The van der Waals surface area contributed by atoms with Gasteiger partial charge in [-0.05, 0) is 54.8 Å². The molecule has 2 aromatic carbocycles. The summed E-state index contributed by atoms with van der Waals surface area (Å²) in [7, 11) is -2.48. The molecule has 1 aliphatic heterocycles. The molecule has 1 aliphatic rings. The molecule has 2 amide bonds. The summed E-state index contributed by atoms with van der Waals surface area (Å²) in [5.74, 6) is -0.695. The van der Waals surface area contributed by atoms with Gasteiger partial charge < -0.3 is 15.4 Å². The van der Waals surface area contributed by atoms with Crippen molar-refractivity contribution in [3.63, 3.8) is 0 Å². The van der Waals surface area contributed by atoms with Crippen LogP contribution in [-0.2, 0) is 19.6 Å². The molecule has 11 heteroatoms. The third-order valence-corrected chi connectivity index (χ3v) is 9.55. The second-order valence-corrected chi connectivity index (χ2v) is 13.0. The van der Waals surface area contributed by atoms with Gasteiger partial charge in [-0.1, -0.05) is 38.1 Å². The molecule has 0 spiro atoms. The van der Waals surface area contributed by atoms with Crippen LogP contribution in [-0.4, -0.2) is 62.6 Å². The Bertz CT molecular complexity index is 1430. The van der Waals surface area contributed by atoms with Crippen molar-refractivity contribution in [1.82, 2.24) is 14.9 Å². The summed E-state index contributed by atoms with van der Waals surface area (Å²) in [5.41, 5.74) is 0. The number of amides is 2. The highest BCUT2D eigenvalue weighted by Crippen LogP contribution is 2.26. The highest BCUT2D eigenvalue weighted by molar-refractivity contribution is 7.89. The Balaban J connectivity index is 1.44. The van der Waals surface area contributed by atoms with Gasteiger partial charge in [0.15, 0.2) is 5.78 Å². The van der Waals surface area contributed by atoms with E-state index in [1.165, 1.54) is 30.6 Å². The molecule has 0 radical (unpaired) electrons. The van der Waals surface area contributed by atoms with E-state index >= 15 is 0 Å². The third kappa shape index (κ3) is 6.84. The zero-order chi connectivity index (χ0) is 28.2. The zero-order valence-electron chi connectivity index (χ0n) is 22.2. The van der Waals surface area contributed by atoms with Crippen LogP contribution in [0.25, 0.3) is 10.1 Å². The van der Waals surface area contributed by atoms with Crippen molar-refractivity contribution in [2.75, 3.05) is 20.2 Å². The predicted octanol–water partition coefficient (Wildman–Crippen LogP) is 3.59. The maximum absolute atomic E-state index is 13.3. The van der Waals surface area contributed by atoms with Crippen LogP contribution in [0.5, 0.6) is 5.75 Å².